The van der Waals surface area contributed by atoms with Gasteiger partial charge in [0.1, 0.15) is 0 Å². The third-order valence-electron chi connectivity index (χ3n) is 7.30. The van der Waals surface area contributed by atoms with Gasteiger partial charge in [-0.3, -0.25) is 4.98 Å². The van der Waals surface area contributed by atoms with Crippen molar-refractivity contribution in [2.45, 2.75) is 13.1 Å². The Morgan fingerprint density at radius 2 is 1.10 bits per heavy atom. The number of aromatic nitrogens is 1. The van der Waals surface area contributed by atoms with E-state index in [1.54, 1.807) is 19.2 Å². The fraction of sp³-hybridized carbons (Fsp3) is 0.0541. The summed E-state index contributed by atoms with van der Waals surface area (Å²) < 4.78 is 43.2. The molecule has 41 heavy (non-hydrogen) atoms. The maximum atomic E-state index is 14.4. The molecule has 0 N–H and O–H groups in total. The van der Waals surface area contributed by atoms with E-state index in [-0.39, 0.29) is 5.56 Å². The Morgan fingerprint density at radius 3 is 1.83 bits per heavy atom. The summed E-state index contributed by atoms with van der Waals surface area (Å²) in [6.45, 7) is 1.74. The van der Waals surface area contributed by atoms with Crippen LogP contribution in [-0.4, -0.2) is 4.98 Å². The molecular weight excluding hydrogens is 515 g/mol. The Morgan fingerprint density at radius 1 is 0.488 bits per heavy atom. The molecule has 200 valence electrons. The lowest BCUT2D eigenvalue weighted by Gasteiger charge is -2.20. The zero-order valence-corrected chi connectivity index (χ0v) is 22.4. The van der Waals surface area contributed by atoms with Crippen LogP contribution in [0.15, 0.2) is 140 Å². The number of halogens is 3. The van der Waals surface area contributed by atoms with Crippen LogP contribution in [-0.2, 0) is 6.18 Å². The molecule has 6 rings (SSSR count). The van der Waals surface area contributed by atoms with Gasteiger partial charge < -0.3 is 0 Å². The normalized spacial score (nSPS) is 11.4. The Kier molecular flexibility index (Phi) is 6.98. The largest absolute Gasteiger partial charge is 0.417 e. The van der Waals surface area contributed by atoms with E-state index in [0.29, 0.717) is 11.1 Å². The quantitative estimate of drug-likeness (QED) is 0.212. The van der Waals surface area contributed by atoms with Crippen molar-refractivity contribution in [3.63, 3.8) is 0 Å². The predicted octanol–water partition coefficient (Wildman–Crippen LogP) is 10.7. The van der Waals surface area contributed by atoms with E-state index < -0.39 is 11.7 Å². The van der Waals surface area contributed by atoms with E-state index in [1.165, 1.54) is 12.1 Å². The Bertz CT molecular complexity index is 1820. The van der Waals surface area contributed by atoms with Gasteiger partial charge in [0.15, 0.2) is 0 Å². The summed E-state index contributed by atoms with van der Waals surface area (Å²) in [5.41, 5.74) is 7.81. The first-order valence-corrected chi connectivity index (χ1v) is 13.4. The SMILES string of the molecule is Cc1cccc(C(F)(F)F)c1-c1cc(-c2cccc(-c3ccccc3)c2)ccc1-c1cccc(-c2ccccn2)c1. The molecule has 0 unspecified atom stereocenters. The van der Waals surface area contributed by atoms with Crippen molar-refractivity contribution in [2.75, 3.05) is 0 Å². The van der Waals surface area contributed by atoms with Crippen LogP contribution in [0.25, 0.3) is 55.8 Å². The molecule has 0 fully saturated rings. The number of aryl methyl sites for hydroxylation is 1. The van der Waals surface area contributed by atoms with Crippen LogP contribution in [0.3, 0.4) is 0 Å². The van der Waals surface area contributed by atoms with Gasteiger partial charge in [0.25, 0.3) is 0 Å². The van der Waals surface area contributed by atoms with Gasteiger partial charge in [0, 0.05) is 11.8 Å². The maximum Gasteiger partial charge on any atom is 0.417 e. The fourth-order valence-electron chi connectivity index (χ4n) is 5.33. The lowest BCUT2D eigenvalue weighted by molar-refractivity contribution is -0.137. The zero-order valence-electron chi connectivity index (χ0n) is 22.4. The zero-order chi connectivity index (χ0) is 28.4. The number of nitrogens with zero attached hydrogens (tertiary/aromatic N) is 1. The van der Waals surface area contributed by atoms with E-state index in [1.807, 2.05) is 109 Å². The minimum absolute atomic E-state index is 0.194. The number of rotatable bonds is 5. The molecule has 1 aromatic heterocycles. The van der Waals surface area contributed by atoms with Crippen molar-refractivity contribution in [3.8, 4) is 55.8 Å². The van der Waals surface area contributed by atoms with Crippen LogP contribution < -0.4 is 0 Å². The molecule has 0 aliphatic heterocycles. The number of hydrogen-bond donors (Lipinski definition) is 0. The van der Waals surface area contributed by atoms with E-state index >= 15 is 0 Å². The number of pyridine rings is 1. The lowest BCUT2D eigenvalue weighted by Crippen LogP contribution is -2.08. The summed E-state index contributed by atoms with van der Waals surface area (Å²) in [6, 6.07) is 41.8. The molecule has 0 radical (unpaired) electrons. The first-order chi connectivity index (χ1) is 19.9. The second-order valence-electron chi connectivity index (χ2n) is 10.00. The van der Waals surface area contributed by atoms with Gasteiger partial charge in [-0.2, -0.15) is 13.2 Å². The molecule has 0 aliphatic rings. The third kappa shape index (κ3) is 5.42. The van der Waals surface area contributed by atoms with Crippen LogP contribution in [0.4, 0.5) is 13.2 Å². The molecule has 0 saturated carbocycles. The smallest absolute Gasteiger partial charge is 0.256 e. The Balaban J connectivity index is 1.57. The van der Waals surface area contributed by atoms with E-state index in [2.05, 4.69) is 11.1 Å². The molecule has 0 aliphatic carbocycles. The van der Waals surface area contributed by atoms with Crippen molar-refractivity contribution in [2.24, 2.45) is 0 Å². The first kappa shape index (κ1) is 26.3. The topological polar surface area (TPSA) is 12.9 Å². The molecule has 0 amide bonds. The van der Waals surface area contributed by atoms with Crippen LogP contribution in [0.2, 0.25) is 0 Å². The summed E-state index contributed by atoms with van der Waals surface area (Å²) in [5, 5.41) is 0. The number of hydrogen-bond acceptors (Lipinski definition) is 1. The van der Waals surface area contributed by atoms with Crippen molar-refractivity contribution in [1.29, 1.82) is 0 Å². The molecule has 1 nitrogen and oxygen atoms in total. The second-order valence-corrected chi connectivity index (χ2v) is 10.00. The first-order valence-electron chi connectivity index (χ1n) is 13.4. The van der Waals surface area contributed by atoms with Crippen LogP contribution >= 0.6 is 0 Å². The highest BCUT2D eigenvalue weighted by Gasteiger charge is 2.34. The van der Waals surface area contributed by atoms with Gasteiger partial charge in [0.2, 0.25) is 0 Å². The lowest BCUT2D eigenvalue weighted by atomic mass is 9.86. The molecule has 1 heterocycles. The molecule has 0 saturated heterocycles. The van der Waals surface area contributed by atoms with E-state index in [0.717, 1.165) is 44.6 Å². The van der Waals surface area contributed by atoms with Crippen molar-refractivity contribution < 1.29 is 13.2 Å². The van der Waals surface area contributed by atoms with Gasteiger partial charge in [-0.05, 0) is 93.4 Å². The van der Waals surface area contributed by atoms with Crippen LogP contribution in [0.1, 0.15) is 11.1 Å². The van der Waals surface area contributed by atoms with Gasteiger partial charge >= 0.3 is 6.18 Å². The van der Waals surface area contributed by atoms with Crippen molar-refractivity contribution in [1.82, 2.24) is 4.98 Å². The Hall–Kier alpha value is -4.96. The van der Waals surface area contributed by atoms with Gasteiger partial charge in [0.05, 0.1) is 11.3 Å². The fourth-order valence-corrected chi connectivity index (χ4v) is 5.33. The summed E-state index contributed by atoms with van der Waals surface area (Å²) in [4.78, 5) is 4.46. The monoisotopic (exact) mass is 541 g/mol. The van der Waals surface area contributed by atoms with E-state index in [4.69, 9.17) is 0 Å². The standard InChI is InChI=1S/C37H26F3N/c1-25-10-7-17-34(37(38,39)40)36(25)33-24-29(28-14-8-13-27(22-28)26-11-3-2-4-12-26)19-20-32(33)30-15-9-16-31(23-30)35-18-5-6-21-41-35/h2-24H,1H3. The third-order valence-corrected chi connectivity index (χ3v) is 7.30. The van der Waals surface area contributed by atoms with E-state index in [9.17, 15) is 13.2 Å². The Labute approximate surface area is 237 Å². The van der Waals surface area contributed by atoms with Crippen molar-refractivity contribution in [3.05, 3.63) is 151 Å². The number of alkyl halides is 3. The molecular formula is C37H26F3N. The predicted molar refractivity (Wildman–Crippen MR) is 161 cm³/mol. The highest BCUT2D eigenvalue weighted by Crippen LogP contribution is 2.44. The average molecular weight is 542 g/mol. The van der Waals surface area contributed by atoms with Crippen LogP contribution in [0, 0.1) is 6.92 Å². The van der Waals surface area contributed by atoms with Crippen LogP contribution in [0.5, 0.6) is 0 Å². The molecule has 4 heteroatoms. The summed E-state index contributed by atoms with van der Waals surface area (Å²) >= 11 is 0. The highest BCUT2D eigenvalue weighted by molar-refractivity contribution is 5.91. The molecule has 6 aromatic rings. The molecule has 0 bridgehead atoms. The summed E-state index contributed by atoms with van der Waals surface area (Å²) in [6.07, 6.45) is -2.77. The molecule has 0 spiro atoms. The molecule has 0 atom stereocenters. The van der Waals surface area contributed by atoms with Gasteiger partial charge in [-0.25, -0.2) is 0 Å². The summed E-state index contributed by atoms with van der Waals surface area (Å²) in [5.74, 6) is 0. The second kappa shape index (κ2) is 10.9. The minimum atomic E-state index is -4.50. The van der Waals surface area contributed by atoms with Gasteiger partial charge in [-0.1, -0.05) is 97.1 Å². The highest BCUT2D eigenvalue weighted by atomic mass is 19.4. The number of benzene rings is 5. The molecule has 5 aromatic carbocycles. The van der Waals surface area contributed by atoms with Crippen molar-refractivity contribution >= 4 is 0 Å². The minimum Gasteiger partial charge on any atom is -0.256 e. The summed E-state index contributed by atoms with van der Waals surface area (Å²) in [7, 11) is 0. The maximum absolute atomic E-state index is 14.4. The van der Waals surface area contributed by atoms with Gasteiger partial charge in [-0.15, -0.1) is 0 Å². The average Bonchev–Trinajstić information content (AvgIpc) is 3.01.